The Morgan fingerprint density at radius 1 is 1.15 bits per heavy atom. The van der Waals surface area contributed by atoms with E-state index in [1.54, 1.807) is 0 Å². The summed E-state index contributed by atoms with van der Waals surface area (Å²) in [5.41, 5.74) is -0.890. The monoisotopic (exact) mass is 320 g/mol. The van der Waals surface area contributed by atoms with Crippen LogP contribution < -0.4 is 0 Å². The summed E-state index contributed by atoms with van der Waals surface area (Å²) >= 11 is 12.9. The molecule has 0 aromatic carbocycles. The predicted octanol–water partition coefficient (Wildman–Crippen LogP) is 2.40. The van der Waals surface area contributed by atoms with Gasteiger partial charge in [0.1, 0.15) is 12.2 Å². The van der Waals surface area contributed by atoms with E-state index >= 15 is 0 Å². The van der Waals surface area contributed by atoms with Gasteiger partial charge in [0.05, 0.1) is 28.4 Å². The smallest absolute Gasteiger partial charge is 0.311 e. The summed E-state index contributed by atoms with van der Waals surface area (Å²) in [7, 11) is 0. The van der Waals surface area contributed by atoms with Crippen LogP contribution in [0, 0.1) is 11.3 Å². The van der Waals surface area contributed by atoms with E-state index in [1.807, 2.05) is 0 Å². The highest BCUT2D eigenvalue weighted by molar-refractivity contribution is 6.23. The molecule has 0 radical (unpaired) electrons. The lowest BCUT2D eigenvalue weighted by Crippen LogP contribution is -2.48. The summed E-state index contributed by atoms with van der Waals surface area (Å²) in [5, 5.41) is 9.25. The summed E-state index contributed by atoms with van der Waals surface area (Å²) < 4.78 is 11.0. The zero-order valence-corrected chi connectivity index (χ0v) is 12.5. The molecule has 0 aromatic rings. The highest BCUT2D eigenvalue weighted by Crippen LogP contribution is 2.55. The first kappa shape index (κ1) is 13.6. The molecule has 2 aliphatic heterocycles. The average molecular weight is 321 g/mol. The molecule has 4 fully saturated rings. The minimum absolute atomic E-state index is 0.0771. The molecule has 20 heavy (non-hydrogen) atoms. The number of carboxylic acids is 1. The molecule has 0 bridgehead atoms. The number of epoxide rings is 2. The second-order valence-corrected chi connectivity index (χ2v) is 7.64. The van der Waals surface area contributed by atoms with Gasteiger partial charge in [-0.05, 0) is 38.0 Å². The second kappa shape index (κ2) is 4.48. The van der Waals surface area contributed by atoms with Crippen LogP contribution in [0.2, 0.25) is 0 Å². The number of ether oxygens (including phenoxy) is 2. The van der Waals surface area contributed by atoms with Gasteiger partial charge in [-0.1, -0.05) is 0 Å². The van der Waals surface area contributed by atoms with Gasteiger partial charge < -0.3 is 14.6 Å². The number of carbonyl (C=O) groups is 1. The van der Waals surface area contributed by atoms with Crippen molar-refractivity contribution >= 4 is 29.2 Å². The van der Waals surface area contributed by atoms with Gasteiger partial charge in [0, 0.05) is 0 Å². The molecule has 2 heterocycles. The van der Waals surface area contributed by atoms with Crippen molar-refractivity contribution in [2.24, 2.45) is 11.3 Å². The Labute approximate surface area is 127 Å². The van der Waals surface area contributed by atoms with E-state index in [-0.39, 0.29) is 29.6 Å². The van der Waals surface area contributed by atoms with Crippen molar-refractivity contribution in [3.05, 3.63) is 0 Å². The molecule has 112 valence electrons. The maximum absolute atomic E-state index is 11.9. The van der Waals surface area contributed by atoms with Gasteiger partial charge in [-0.15, -0.1) is 23.2 Å². The summed E-state index contributed by atoms with van der Waals surface area (Å²) in [6.45, 7) is 0. The van der Waals surface area contributed by atoms with E-state index in [1.165, 1.54) is 0 Å². The van der Waals surface area contributed by atoms with Gasteiger partial charge in [-0.25, -0.2) is 0 Å². The molecular weight excluding hydrogens is 303 g/mol. The fourth-order valence-electron chi connectivity index (χ4n) is 4.18. The van der Waals surface area contributed by atoms with Crippen LogP contribution in [-0.2, 0) is 14.3 Å². The van der Waals surface area contributed by atoms with Gasteiger partial charge >= 0.3 is 5.97 Å². The van der Waals surface area contributed by atoms with Crippen LogP contribution >= 0.6 is 23.2 Å². The van der Waals surface area contributed by atoms with E-state index < -0.39 is 16.8 Å². The van der Waals surface area contributed by atoms with Crippen LogP contribution in [0.25, 0.3) is 0 Å². The lowest BCUT2D eigenvalue weighted by Gasteiger charge is -2.39. The molecule has 0 spiro atoms. The fourth-order valence-corrected chi connectivity index (χ4v) is 5.13. The van der Waals surface area contributed by atoms with E-state index in [0.29, 0.717) is 18.9 Å². The van der Waals surface area contributed by atoms with Gasteiger partial charge in [0.2, 0.25) is 0 Å². The third-order valence-corrected chi connectivity index (χ3v) is 6.84. The molecule has 2 saturated heterocycles. The summed E-state index contributed by atoms with van der Waals surface area (Å²) in [5.74, 6) is -0.623. The standard InChI is InChI=1S/C14H18Cl2O4/c15-9-6(1-2-7-10(9)19-7)5-14(13(17)18)4-3-8-11(20-8)12(14)16/h6-12H,1-5H2,(H,17,18). The van der Waals surface area contributed by atoms with Crippen LogP contribution in [0.1, 0.15) is 32.1 Å². The number of carboxylic acid groups (broad SMARTS) is 1. The van der Waals surface area contributed by atoms with E-state index in [4.69, 9.17) is 32.7 Å². The molecule has 4 nitrogen and oxygen atoms in total. The Bertz CT molecular complexity index is 445. The average Bonchev–Trinajstić information content (AvgIpc) is 3.28. The van der Waals surface area contributed by atoms with Crippen molar-refractivity contribution < 1.29 is 19.4 Å². The maximum Gasteiger partial charge on any atom is 0.311 e. The lowest BCUT2D eigenvalue weighted by atomic mass is 9.66. The van der Waals surface area contributed by atoms with Gasteiger partial charge in [0.15, 0.2) is 0 Å². The Morgan fingerprint density at radius 3 is 2.60 bits per heavy atom. The van der Waals surface area contributed by atoms with E-state index in [2.05, 4.69) is 0 Å². The zero-order valence-electron chi connectivity index (χ0n) is 11.0. The third-order valence-electron chi connectivity index (χ3n) is 5.57. The second-order valence-electron chi connectivity index (χ2n) is 6.67. The zero-order chi connectivity index (χ0) is 14.1. The van der Waals surface area contributed by atoms with Crippen molar-refractivity contribution in [2.45, 2.75) is 67.3 Å². The number of fused-ring (bicyclic) bond motifs is 2. The molecule has 8 unspecified atom stereocenters. The van der Waals surface area contributed by atoms with E-state index in [0.717, 1.165) is 19.3 Å². The minimum Gasteiger partial charge on any atom is -0.481 e. The third kappa shape index (κ3) is 1.92. The lowest BCUT2D eigenvalue weighted by molar-refractivity contribution is -0.151. The van der Waals surface area contributed by atoms with Gasteiger partial charge in [-0.3, -0.25) is 4.79 Å². The minimum atomic E-state index is -0.890. The van der Waals surface area contributed by atoms with Crippen LogP contribution in [-0.4, -0.2) is 46.2 Å². The van der Waals surface area contributed by atoms with E-state index in [9.17, 15) is 9.90 Å². The number of rotatable bonds is 3. The van der Waals surface area contributed by atoms with Crippen LogP contribution in [0.4, 0.5) is 0 Å². The van der Waals surface area contributed by atoms with Crippen molar-refractivity contribution in [1.82, 2.24) is 0 Å². The predicted molar refractivity (Wildman–Crippen MR) is 73.2 cm³/mol. The Kier molecular flexibility index (Phi) is 3.05. The van der Waals surface area contributed by atoms with Gasteiger partial charge in [-0.2, -0.15) is 0 Å². The molecule has 2 aliphatic carbocycles. The molecule has 4 rings (SSSR count). The van der Waals surface area contributed by atoms with Crippen molar-refractivity contribution in [3.8, 4) is 0 Å². The van der Waals surface area contributed by atoms with Crippen molar-refractivity contribution in [1.29, 1.82) is 0 Å². The molecule has 2 saturated carbocycles. The topological polar surface area (TPSA) is 62.4 Å². The molecule has 8 atom stereocenters. The number of alkyl halides is 2. The van der Waals surface area contributed by atoms with Gasteiger partial charge in [0.25, 0.3) is 0 Å². The fraction of sp³-hybridized carbons (Fsp3) is 0.929. The first-order valence-electron chi connectivity index (χ1n) is 7.35. The molecule has 0 aromatic heterocycles. The quantitative estimate of drug-likeness (QED) is 0.640. The first-order valence-corrected chi connectivity index (χ1v) is 8.23. The number of halogens is 2. The molecule has 1 N–H and O–H groups in total. The van der Waals surface area contributed by atoms with Crippen LogP contribution in [0.5, 0.6) is 0 Å². The van der Waals surface area contributed by atoms with Crippen LogP contribution in [0.3, 0.4) is 0 Å². The summed E-state index contributed by atoms with van der Waals surface area (Å²) in [4.78, 5) is 11.9. The Hall–Kier alpha value is -0.0300. The number of hydrogen-bond acceptors (Lipinski definition) is 3. The number of aliphatic carboxylic acids is 1. The van der Waals surface area contributed by atoms with Crippen LogP contribution in [0.15, 0.2) is 0 Å². The van der Waals surface area contributed by atoms with Crippen molar-refractivity contribution in [3.63, 3.8) is 0 Å². The Balaban J connectivity index is 1.55. The highest BCUT2D eigenvalue weighted by atomic mass is 35.5. The number of hydrogen-bond donors (Lipinski definition) is 1. The molecule has 4 aliphatic rings. The Morgan fingerprint density at radius 2 is 1.85 bits per heavy atom. The maximum atomic E-state index is 11.9. The molecule has 6 heteroatoms. The van der Waals surface area contributed by atoms with Crippen molar-refractivity contribution in [2.75, 3.05) is 0 Å². The normalized spacial score (nSPS) is 56.6. The largest absolute Gasteiger partial charge is 0.481 e. The SMILES string of the molecule is O=C(O)C1(CC2CCC3OC3C2Cl)CCC2OC2C1Cl. The summed E-state index contributed by atoms with van der Waals surface area (Å²) in [6.07, 6.45) is 4.39. The summed E-state index contributed by atoms with van der Waals surface area (Å²) in [6, 6.07) is 0. The molecule has 0 amide bonds. The molecular formula is C14H18Cl2O4. The highest BCUT2D eigenvalue weighted by Gasteiger charge is 2.62. The first-order chi connectivity index (χ1) is 9.53.